The van der Waals surface area contributed by atoms with Crippen molar-refractivity contribution in [2.24, 2.45) is 0 Å². The summed E-state index contributed by atoms with van der Waals surface area (Å²) < 4.78 is 53.5. The van der Waals surface area contributed by atoms with E-state index < -0.39 is 7.25 Å². The molecular weight excluding hydrogens is 369 g/mol. The number of rotatable bonds is 1. The molecule has 0 aromatic carbocycles. The van der Waals surface area contributed by atoms with Crippen LogP contribution in [0.25, 0.3) is 11.3 Å². The molecule has 0 bridgehead atoms. The first-order valence-electron chi connectivity index (χ1n) is 9.76. The molecule has 2 rings (SSSR count). The minimum absolute atomic E-state index is 0.0702. The number of hydrogen-bond donors (Lipinski definition) is 1. The molecule has 0 amide bonds. The second kappa shape index (κ2) is 7.92. The van der Waals surface area contributed by atoms with Crippen LogP contribution >= 0.6 is 0 Å². The summed E-state index contributed by atoms with van der Waals surface area (Å²) in [4.78, 5) is 3.47. The molecule has 0 saturated carbocycles. The summed E-state index contributed by atoms with van der Waals surface area (Å²) in [5.74, 6) is 1.92. The van der Waals surface area contributed by atoms with Crippen molar-refractivity contribution in [1.82, 2.24) is 4.98 Å². The Kier molecular flexibility index (Phi) is 6.36. The Morgan fingerprint density at radius 3 is 1.50 bits per heavy atom. The van der Waals surface area contributed by atoms with Crippen LogP contribution in [0.15, 0.2) is 28.7 Å². The van der Waals surface area contributed by atoms with Gasteiger partial charge in [0, 0.05) is 34.5 Å². The van der Waals surface area contributed by atoms with Gasteiger partial charge < -0.3 is 22.2 Å². The van der Waals surface area contributed by atoms with Gasteiger partial charge in [0.05, 0.1) is 12.2 Å². The first kappa shape index (κ1) is 22.5. The van der Waals surface area contributed by atoms with E-state index in [1.54, 1.807) is 0 Å². The van der Waals surface area contributed by atoms with E-state index in [4.69, 9.17) is 5.79 Å². The number of aromatic nitrogens is 1. The average Bonchev–Trinajstić information content (AvgIpc) is 2.85. The van der Waals surface area contributed by atoms with E-state index in [-0.39, 0.29) is 16.2 Å². The Labute approximate surface area is 167 Å². The first-order chi connectivity index (χ1) is 12.7. The minimum atomic E-state index is -6.00. The topological polar surface area (TPSA) is 27.1 Å². The van der Waals surface area contributed by atoms with Crippen LogP contribution in [0.1, 0.15) is 80.9 Å². The molecule has 1 N–H and O–H groups in total. The second-order valence-electron chi connectivity index (χ2n) is 10.0. The first-order valence-corrected chi connectivity index (χ1v) is 9.26. The summed E-state index contributed by atoms with van der Waals surface area (Å²) in [5.41, 5.74) is 2.82. The molecule has 2 nitrogen and oxygen atoms in total. The molecule has 0 unspecified atom stereocenters. The fourth-order valence-electron chi connectivity index (χ4n) is 2.31. The van der Waals surface area contributed by atoms with Crippen LogP contribution < -0.4 is 0 Å². The highest BCUT2D eigenvalue weighted by Crippen LogP contribution is 2.34. The average molecular weight is 402 g/mol. The van der Waals surface area contributed by atoms with Gasteiger partial charge in [0.25, 0.3) is 0 Å². The van der Waals surface area contributed by atoms with Gasteiger partial charge in [0.1, 0.15) is 0 Å². The Balaban J connectivity index is 0.000000749. The molecule has 0 saturated heterocycles. The van der Waals surface area contributed by atoms with Crippen molar-refractivity contribution < 1.29 is 23.1 Å². The maximum absolute atomic E-state index is 9.75. The van der Waals surface area contributed by atoms with E-state index in [9.17, 15) is 17.3 Å². The molecule has 0 radical (unpaired) electrons. The fraction of sp³-hybridized carbons (Fsp3) is 0.571. The molecule has 0 aliphatic rings. The molecule has 0 aliphatic heterocycles. The van der Waals surface area contributed by atoms with Crippen LogP contribution in [-0.2, 0) is 16.2 Å². The molecule has 0 aliphatic carbocycles. The van der Waals surface area contributed by atoms with Crippen molar-refractivity contribution in [3.63, 3.8) is 0 Å². The van der Waals surface area contributed by atoms with Crippen molar-refractivity contribution in [3.05, 3.63) is 41.5 Å². The van der Waals surface area contributed by atoms with Crippen molar-refractivity contribution in [2.75, 3.05) is 0 Å². The number of aromatic amines is 1. The van der Waals surface area contributed by atoms with Crippen molar-refractivity contribution in [3.8, 4) is 11.3 Å². The van der Waals surface area contributed by atoms with Gasteiger partial charge in [-0.25, -0.2) is 4.42 Å². The quantitative estimate of drug-likeness (QED) is 0.295. The van der Waals surface area contributed by atoms with Crippen LogP contribution in [0.4, 0.5) is 17.3 Å². The number of nitrogens with one attached hydrogen (secondary N) is 1. The molecule has 0 fully saturated rings. The fourth-order valence-corrected chi connectivity index (χ4v) is 2.31. The molecule has 2 aromatic heterocycles. The lowest BCUT2D eigenvalue weighted by Crippen LogP contribution is -2.16. The van der Waals surface area contributed by atoms with Gasteiger partial charge in [0.2, 0.25) is 0 Å². The Morgan fingerprint density at radius 1 is 0.821 bits per heavy atom. The smallest absolute Gasteiger partial charge is 0.418 e. The van der Waals surface area contributed by atoms with Crippen LogP contribution in [0.5, 0.6) is 0 Å². The summed E-state index contributed by atoms with van der Waals surface area (Å²) in [6, 6.07) is 6.70. The lowest BCUT2D eigenvalue weighted by Gasteiger charge is -2.16. The van der Waals surface area contributed by atoms with Crippen LogP contribution in [0.3, 0.4) is 0 Å². The number of H-pyrrole nitrogens is 1. The summed E-state index contributed by atoms with van der Waals surface area (Å²) in [7, 11) is -6.00. The third kappa shape index (κ3) is 7.68. The van der Waals surface area contributed by atoms with Gasteiger partial charge in [-0.3, -0.25) is 0 Å². The third-order valence-electron chi connectivity index (χ3n) is 3.95. The standard InChI is InChI=1S/C21H32NO.BF4/c1-19(2,3)16-11-10-15(22-16)14-12-17(20(4,5)6)23-18(13-14)21(7,8)9;2-1(3,4)5/h10-13,22H,1-9H3;/q+1;-1/i11D;. The molecule has 7 heteroatoms. The number of halogens is 4. The van der Waals surface area contributed by atoms with Crippen molar-refractivity contribution in [1.29, 1.82) is 0 Å². The summed E-state index contributed by atoms with van der Waals surface area (Å²) in [6.45, 7) is 19.3. The highest BCUT2D eigenvalue weighted by atomic mass is 19.5. The lowest BCUT2D eigenvalue weighted by molar-refractivity contribution is 0.329. The molecule has 0 spiro atoms. The molecule has 158 valence electrons. The van der Waals surface area contributed by atoms with Crippen molar-refractivity contribution in [2.45, 2.75) is 78.6 Å². The normalized spacial score (nSPS) is 13.7. The molecule has 0 atom stereocenters. The predicted molar refractivity (Wildman–Crippen MR) is 109 cm³/mol. The van der Waals surface area contributed by atoms with Gasteiger partial charge in [-0.15, -0.1) is 0 Å². The van der Waals surface area contributed by atoms with E-state index in [0.29, 0.717) is 6.04 Å². The highest BCUT2D eigenvalue weighted by Gasteiger charge is 2.34. The van der Waals surface area contributed by atoms with Crippen LogP contribution in [0, 0.1) is 0 Å². The SMILES string of the molecule is F[B-](F)(F)F.[2H]c1cc(-c2cc(C(C)(C)C)[o+]c(C(C)(C)C)c2)[nH]c1C(C)(C)C. The van der Waals surface area contributed by atoms with E-state index in [1.165, 1.54) is 0 Å². The zero-order chi connectivity index (χ0) is 23.0. The van der Waals surface area contributed by atoms with Gasteiger partial charge in [-0.2, -0.15) is 0 Å². The van der Waals surface area contributed by atoms with Gasteiger partial charge >= 0.3 is 18.8 Å². The van der Waals surface area contributed by atoms with E-state index >= 15 is 0 Å². The van der Waals surface area contributed by atoms with E-state index in [0.717, 1.165) is 28.5 Å². The van der Waals surface area contributed by atoms with Gasteiger partial charge in [-0.05, 0) is 53.7 Å². The monoisotopic (exact) mass is 402 g/mol. The largest absolute Gasteiger partial charge is 0.673 e. The third-order valence-corrected chi connectivity index (χ3v) is 3.95. The summed E-state index contributed by atoms with van der Waals surface area (Å²) >= 11 is 0. The summed E-state index contributed by atoms with van der Waals surface area (Å²) in [6.07, 6.45) is 0. The summed E-state index contributed by atoms with van der Waals surface area (Å²) in [5, 5.41) is 0. The highest BCUT2D eigenvalue weighted by molar-refractivity contribution is 6.50. The van der Waals surface area contributed by atoms with E-state index in [2.05, 4.69) is 79.4 Å². The maximum Gasteiger partial charge on any atom is 0.673 e. The molecule has 2 aromatic rings. The Morgan fingerprint density at radius 2 is 1.21 bits per heavy atom. The predicted octanol–water partition coefficient (Wildman–Crippen LogP) is 7.75. The lowest BCUT2D eigenvalue weighted by atomic mass is 9.88. The number of hydrogen-bond acceptors (Lipinski definition) is 0. The molecule has 2 heterocycles. The van der Waals surface area contributed by atoms with Gasteiger partial charge in [0.15, 0.2) is 0 Å². The van der Waals surface area contributed by atoms with E-state index in [1.807, 2.05) is 6.07 Å². The second-order valence-corrected chi connectivity index (χ2v) is 10.0. The minimum Gasteiger partial charge on any atom is -0.418 e. The van der Waals surface area contributed by atoms with Crippen LogP contribution in [-0.4, -0.2) is 12.2 Å². The van der Waals surface area contributed by atoms with Crippen LogP contribution in [0.2, 0.25) is 0 Å². The zero-order valence-electron chi connectivity index (χ0n) is 19.2. The Bertz CT molecular complexity index is 802. The zero-order valence-corrected chi connectivity index (χ0v) is 18.2. The molecular formula is C21H32BF4NO. The van der Waals surface area contributed by atoms with Crippen molar-refractivity contribution >= 4 is 7.25 Å². The molecule has 28 heavy (non-hydrogen) atoms. The van der Waals surface area contributed by atoms with Gasteiger partial charge in [-0.1, -0.05) is 20.8 Å². The Hall–Kier alpha value is -1.79. The maximum atomic E-state index is 9.75.